The smallest absolute Gasteiger partial charge is 0.345 e. The van der Waals surface area contributed by atoms with E-state index < -0.39 is 6.03 Å². The summed E-state index contributed by atoms with van der Waals surface area (Å²) in [5, 5.41) is 1.92. The highest BCUT2D eigenvalue weighted by Gasteiger charge is 2.02. The maximum absolute atomic E-state index is 10.9. The fraction of sp³-hybridized carbons (Fsp3) is 0. The first-order valence-electron chi connectivity index (χ1n) is 7.13. The van der Waals surface area contributed by atoms with E-state index in [2.05, 4.69) is 53.3 Å². The molecule has 0 aliphatic heterocycles. The SMILES string of the molecule is NC(N)=O.Nc1cc(Cl)c(Br)cc1C=O.O=c1ncc2cc(Br)c(Cl)cc2[nH]1. The van der Waals surface area contributed by atoms with E-state index in [9.17, 15) is 9.59 Å². The van der Waals surface area contributed by atoms with Crippen LogP contribution in [0.25, 0.3) is 10.9 Å². The van der Waals surface area contributed by atoms with Crippen LogP contribution < -0.4 is 22.9 Å². The van der Waals surface area contributed by atoms with Crippen molar-refractivity contribution in [3.05, 3.63) is 65.5 Å². The van der Waals surface area contributed by atoms with E-state index in [1.807, 2.05) is 0 Å². The lowest BCUT2D eigenvalue weighted by molar-refractivity contribution is 0.112. The van der Waals surface area contributed by atoms with Gasteiger partial charge in [0.1, 0.15) is 0 Å². The lowest BCUT2D eigenvalue weighted by Crippen LogP contribution is -2.18. The van der Waals surface area contributed by atoms with E-state index in [-0.39, 0.29) is 5.69 Å². The summed E-state index contributed by atoms with van der Waals surface area (Å²) in [5.74, 6) is 0. The number of primary amides is 2. The van der Waals surface area contributed by atoms with Gasteiger partial charge < -0.3 is 22.2 Å². The molecule has 3 rings (SSSR count). The number of rotatable bonds is 1. The van der Waals surface area contributed by atoms with Crippen molar-refractivity contribution in [1.82, 2.24) is 9.97 Å². The summed E-state index contributed by atoms with van der Waals surface area (Å²) in [5.41, 5.74) is 15.1. The minimum absolute atomic E-state index is 0.370. The zero-order chi connectivity index (χ0) is 21.4. The van der Waals surface area contributed by atoms with Gasteiger partial charge in [0.15, 0.2) is 6.29 Å². The number of nitrogen functional groups attached to an aromatic ring is 1. The number of carbonyl (C=O) groups is 2. The van der Waals surface area contributed by atoms with Crippen LogP contribution in [0.15, 0.2) is 44.2 Å². The van der Waals surface area contributed by atoms with Crippen molar-refractivity contribution in [2.45, 2.75) is 0 Å². The lowest BCUT2D eigenvalue weighted by Gasteiger charge is -2.00. The molecule has 28 heavy (non-hydrogen) atoms. The Labute approximate surface area is 185 Å². The topological polar surface area (TPSA) is 158 Å². The molecule has 0 unspecified atom stereocenters. The monoisotopic (exact) mass is 551 g/mol. The van der Waals surface area contributed by atoms with Gasteiger partial charge in [0.25, 0.3) is 0 Å². The number of amides is 2. The van der Waals surface area contributed by atoms with E-state index in [1.165, 1.54) is 12.3 Å². The number of nitrogens with two attached hydrogens (primary N) is 3. The number of aromatic nitrogens is 2. The predicted octanol–water partition coefficient (Wildman–Crippen LogP) is 3.86. The Morgan fingerprint density at radius 3 is 2.18 bits per heavy atom. The number of urea groups is 1. The second-order valence-electron chi connectivity index (χ2n) is 4.96. The first-order valence-corrected chi connectivity index (χ1v) is 9.48. The minimum atomic E-state index is -0.833. The molecule has 0 saturated heterocycles. The molecular weight excluding hydrogens is 541 g/mol. The van der Waals surface area contributed by atoms with E-state index >= 15 is 0 Å². The Morgan fingerprint density at radius 2 is 1.61 bits per heavy atom. The van der Waals surface area contributed by atoms with Crippen LogP contribution >= 0.6 is 55.1 Å². The van der Waals surface area contributed by atoms with Gasteiger partial charge >= 0.3 is 11.7 Å². The first kappa shape index (κ1) is 23.9. The highest BCUT2D eigenvalue weighted by Crippen LogP contribution is 2.27. The van der Waals surface area contributed by atoms with E-state index in [0.717, 1.165) is 9.86 Å². The van der Waals surface area contributed by atoms with Crippen molar-refractivity contribution in [2.24, 2.45) is 11.5 Å². The standard InChI is InChI=1S/C8H4BrClN2O.C7H5BrClNO.CH4N2O/c9-5-1-4-3-11-8(13)12-7(4)2-6(5)10;8-5-1-4(3-11)7(10)2-6(5)9;2-1(3)4/h1-3H,(H,11,12,13);1-3H,10H2;(H4,2,3,4). The number of hydrogen-bond donors (Lipinski definition) is 4. The number of benzene rings is 2. The molecule has 0 fully saturated rings. The van der Waals surface area contributed by atoms with Gasteiger partial charge in [0.05, 0.1) is 15.6 Å². The van der Waals surface area contributed by atoms with Gasteiger partial charge in [-0.05, 0) is 56.1 Å². The second-order valence-corrected chi connectivity index (χ2v) is 7.48. The first-order chi connectivity index (χ1) is 13.0. The molecule has 0 spiro atoms. The van der Waals surface area contributed by atoms with Gasteiger partial charge in [-0.2, -0.15) is 0 Å². The van der Waals surface area contributed by atoms with E-state index in [1.54, 1.807) is 18.2 Å². The Balaban J connectivity index is 0.000000239. The summed E-state index contributed by atoms with van der Waals surface area (Å²) in [7, 11) is 0. The molecule has 8 nitrogen and oxygen atoms in total. The zero-order valence-electron chi connectivity index (χ0n) is 13.9. The number of fused-ring (bicyclic) bond motifs is 1. The summed E-state index contributed by atoms with van der Waals surface area (Å²) in [4.78, 5) is 36.4. The Hall–Kier alpha value is -2.14. The van der Waals surface area contributed by atoms with Crippen LogP contribution in [0.3, 0.4) is 0 Å². The molecule has 0 aliphatic carbocycles. The molecule has 1 aromatic heterocycles. The number of H-pyrrole nitrogens is 1. The molecule has 0 radical (unpaired) electrons. The lowest BCUT2D eigenvalue weighted by atomic mass is 10.2. The Morgan fingerprint density at radius 1 is 1.07 bits per heavy atom. The van der Waals surface area contributed by atoms with Crippen LogP contribution in [0.1, 0.15) is 10.4 Å². The molecule has 0 atom stereocenters. The van der Waals surface area contributed by atoms with Crippen molar-refractivity contribution in [3.63, 3.8) is 0 Å². The third-order valence-corrected chi connectivity index (χ3v) is 5.30. The fourth-order valence-electron chi connectivity index (χ4n) is 1.73. The number of aromatic amines is 1. The minimum Gasteiger partial charge on any atom is -0.398 e. The number of nitrogens with one attached hydrogen (secondary N) is 1. The Bertz CT molecular complexity index is 1070. The van der Waals surface area contributed by atoms with Gasteiger partial charge in [-0.25, -0.2) is 14.6 Å². The third kappa shape index (κ3) is 7.47. The zero-order valence-corrected chi connectivity index (χ0v) is 18.6. The molecule has 0 bridgehead atoms. The van der Waals surface area contributed by atoms with Gasteiger partial charge in [0.2, 0.25) is 0 Å². The van der Waals surface area contributed by atoms with Crippen molar-refractivity contribution < 1.29 is 9.59 Å². The number of carbonyl (C=O) groups excluding carboxylic acids is 2. The van der Waals surface area contributed by atoms with Crippen LogP contribution in [0.5, 0.6) is 0 Å². The highest BCUT2D eigenvalue weighted by atomic mass is 79.9. The van der Waals surface area contributed by atoms with Crippen LogP contribution in [-0.4, -0.2) is 22.3 Å². The average Bonchev–Trinajstić information content (AvgIpc) is 2.59. The summed E-state index contributed by atoms with van der Waals surface area (Å²) in [6.07, 6.45) is 2.20. The number of aldehydes is 1. The number of halogens is 4. The molecule has 0 saturated carbocycles. The summed E-state index contributed by atoms with van der Waals surface area (Å²) in [6, 6.07) is 5.78. The molecule has 12 heteroatoms. The molecule has 3 aromatic rings. The van der Waals surface area contributed by atoms with Crippen LogP contribution in [-0.2, 0) is 0 Å². The largest absolute Gasteiger partial charge is 0.398 e. The molecule has 0 aliphatic rings. The number of anilines is 1. The highest BCUT2D eigenvalue weighted by molar-refractivity contribution is 9.10. The molecule has 148 valence electrons. The molecular formula is C16H13Br2Cl2N5O3. The second kappa shape index (κ2) is 11.0. The van der Waals surface area contributed by atoms with Crippen LogP contribution in [0, 0.1) is 0 Å². The van der Waals surface area contributed by atoms with Crippen molar-refractivity contribution in [1.29, 1.82) is 0 Å². The van der Waals surface area contributed by atoms with Gasteiger partial charge in [-0.1, -0.05) is 23.2 Å². The summed E-state index contributed by atoms with van der Waals surface area (Å²) < 4.78 is 1.46. The molecule has 1 heterocycles. The quantitative estimate of drug-likeness (QED) is 0.266. The van der Waals surface area contributed by atoms with Gasteiger partial charge in [-0.15, -0.1) is 0 Å². The van der Waals surface area contributed by atoms with Crippen molar-refractivity contribution in [3.8, 4) is 0 Å². The fourth-order valence-corrected chi connectivity index (χ4v) is 2.79. The maximum Gasteiger partial charge on any atom is 0.345 e. The van der Waals surface area contributed by atoms with Crippen LogP contribution in [0.4, 0.5) is 10.5 Å². The molecule has 2 aromatic carbocycles. The van der Waals surface area contributed by atoms with E-state index in [4.69, 9.17) is 33.7 Å². The average molecular weight is 554 g/mol. The Kier molecular flexibility index (Phi) is 9.39. The summed E-state index contributed by atoms with van der Waals surface area (Å²) >= 11 is 18.0. The normalized spacial score (nSPS) is 9.57. The maximum atomic E-state index is 10.9. The molecule has 2 amide bonds. The number of hydrogen-bond acceptors (Lipinski definition) is 5. The van der Waals surface area contributed by atoms with Crippen molar-refractivity contribution in [2.75, 3.05) is 5.73 Å². The number of nitrogens with zero attached hydrogens (tertiary/aromatic N) is 1. The van der Waals surface area contributed by atoms with E-state index in [0.29, 0.717) is 37.6 Å². The van der Waals surface area contributed by atoms with Crippen LogP contribution in [0.2, 0.25) is 10.0 Å². The predicted molar refractivity (Wildman–Crippen MR) is 118 cm³/mol. The third-order valence-electron chi connectivity index (χ3n) is 2.91. The van der Waals surface area contributed by atoms with Gasteiger partial charge in [-0.3, -0.25) is 4.79 Å². The van der Waals surface area contributed by atoms with Crippen molar-refractivity contribution >= 4 is 84.0 Å². The van der Waals surface area contributed by atoms with Gasteiger partial charge in [0, 0.05) is 31.8 Å². The summed E-state index contributed by atoms with van der Waals surface area (Å²) in [6.45, 7) is 0. The molecule has 7 N–H and O–H groups in total.